The third-order valence-electron chi connectivity index (χ3n) is 4.67. The van der Waals surface area contributed by atoms with Gasteiger partial charge in [0, 0.05) is 13.0 Å². The van der Waals surface area contributed by atoms with Crippen LogP contribution in [0.4, 0.5) is 19.0 Å². The molecule has 9 heteroatoms. The summed E-state index contributed by atoms with van der Waals surface area (Å²) >= 11 is 0. The molecule has 0 bridgehead atoms. The molecule has 1 aliphatic rings. The molecular formula is C19H17F3N4O2. The molecule has 0 saturated heterocycles. The first-order valence-corrected chi connectivity index (χ1v) is 8.70. The summed E-state index contributed by atoms with van der Waals surface area (Å²) < 4.78 is 46.9. The quantitative estimate of drug-likeness (QED) is 0.705. The fourth-order valence-corrected chi connectivity index (χ4v) is 3.28. The Labute approximate surface area is 158 Å². The second-order valence-corrected chi connectivity index (χ2v) is 6.53. The standard InChI is InChI=1S/C19H17F3N4O2/c20-19(21,22)16-9-14(15-7-4-8-28-15)25-17-13(11-24-26(16)17)18(27)23-10-12-5-2-1-3-6-12/h1-8,11,14,16,25H,9-10H2,(H,23,27)/t14-,16-/m0/s1. The van der Waals surface area contributed by atoms with Crippen molar-refractivity contribution in [2.45, 2.75) is 31.2 Å². The van der Waals surface area contributed by atoms with E-state index in [1.165, 1.54) is 6.26 Å². The van der Waals surface area contributed by atoms with Crippen molar-refractivity contribution in [1.29, 1.82) is 0 Å². The van der Waals surface area contributed by atoms with Gasteiger partial charge in [0.25, 0.3) is 5.91 Å². The SMILES string of the molecule is O=C(NCc1ccccc1)c1cnn2c1N[C@H](c1ccco1)C[C@H]2C(F)(F)F. The van der Waals surface area contributed by atoms with Crippen molar-refractivity contribution >= 4 is 11.7 Å². The fraction of sp³-hybridized carbons (Fsp3) is 0.263. The number of nitrogens with one attached hydrogen (secondary N) is 2. The van der Waals surface area contributed by atoms with E-state index < -0.39 is 24.2 Å². The summed E-state index contributed by atoms with van der Waals surface area (Å²) in [6.07, 6.45) is -2.23. The zero-order chi connectivity index (χ0) is 19.7. The van der Waals surface area contributed by atoms with Crippen LogP contribution in [0.2, 0.25) is 0 Å². The summed E-state index contributed by atoms with van der Waals surface area (Å²) in [5, 5.41) is 9.53. The van der Waals surface area contributed by atoms with Crippen molar-refractivity contribution in [3.05, 3.63) is 71.8 Å². The second kappa shape index (κ2) is 7.06. The highest BCUT2D eigenvalue weighted by molar-refractivity contribution is 5.98. The van der Waals surface area contributed by atoms with Gasteiger partial charge in [0.1, 0.15) is 17.1 Å². The first-order valence-electron chi connectivity index (χ1n) is 8.70. The third-order valence-corrected chi connectivity index (χ3v) is 4.67. The zero-order valence-corrected chi connectivity index (χ0v) is 14.6. The maximum absolute atomic E-state index is 13.6. The Morgan fingerprint density at radius 1 is 1.25 bits per heavy atom. The molecule has 2 N–H and O–H groups in total. The van der Waals surface area contributed by atoms with Gasteiger partial charge in [0.05, 0.1) is 18.5 Å². The van der Waals surface area contributed by atoms with Crippen LogP contribution >= 0.6 is 0 Å². The van der Waals surface area contributed by atoms with Crippen LogP contribution in [0, 0.1) is 0 Å². The summed E-state index contributed by atoms with van der Waals surface area (Å²) in [4.78, 5) is 12.6. The number of anilines is 1. The van der Waals surface area contributed by atoms with Crippen molar-refractivity contribution in [2.24, 2.45) is 0 Å². The Kier molecular flexibility index (Phi) is 4.58. The number of hydrogen-bond donors (Lipinski definition) is 2. The van der Waals surface area contributed by atoms with Gasteiger partial charge in [-0.05, 0) is 17.7 Å². The number of rotatable bonds is 4. The number of furan rings is 1. The molecule has 3 heterocycles. The van der Waals surface area contributed by atoms with E-state index in [9.17, 15) is 18.0 Å². The minimum atomic E-state index is -4.51. The molecular weight excluding hydrogens is 373 g/mol. The largest absolute Gasteiger partial charge is 0.467 e. The summed E-state index contributed by atoms with van der Waals surface area (Å²) in [6, 6.07) is 9.87. The number of aromatic nitrogens is 2. The Morgan fingerprint density at radius 2 is 2.04 bits per heavy atom. The van der Waals surface area contributed by atoms with Crippen LogP contribution in [-0.2, 0) is 6.54 Å². The van der Waals surface area contributed by atoms with Gasteiger partial charge in [-0.2, -0.15) is 18.3 Å². The highest BCUT2D eigenvalue weighted by atomic mass is 19.4. The van der Waals surface area contributed by atoms with Crippen LogP contribution in [0.5, 0.6) is 0 Å². The molecule has 146 valence electrons. The number of carbonyl (C=O) groups excluding carboxylic acids is 1. The molecule has 28 heavy (non-hydrogen) atoms. The average Bonchev–Trinajstić information content (AvgIpc) is 3.35. The van der Waals surface area contributed by atoms with Gasteiger partial charge in [-0.3, -0.25) is 4.79 Å². The predicted octanol–water partition coefficient (Wildman–Crippen LogP) is 4.07. The molecule has 0 saturated carbocycles. The van der Waals surface area contributed by atoms with Gasteiger partial charge < -0.3 is 15.1 Å². The van der Waals surface area contributed by atoms with Crippen LogP contribution in [0.25, 0.3) is 0 Å². The van der Waals surface area contributed by atoms with Crippen molar-refractivity contribution in [2.75, 3.05) is 5.32 Å². The first-order chi connectivity index (χ1) is 13.4. The fourth-order valence-electron chi connectivity index (χ4n) is 3.28. The number of alkyl halides is 3. The molecule has 3 aromatic rings. The Bertz CT molecular complexity index is 951. The van der Waals surface area contributed by atoms with Crippen molar-refractivity contribution < 1.29 is 22.4 Å². The number of hydrogen-bond acceptors (Lipinski definition) is 4. The predicted molar refractivity (Wildman–Crippen MR) is 94.6 cm³/mol. The summed E-state index contributed by atoms with van der Waals surface area (Å²) in [5.41, 5.74) is 0.938. The normalized spacial score (nSPS) is 19.0. The number of halogens is 3. The minimum absolute atomic E-state index is 0.0283. The molecule has 0 fully saturated rings. The van der Waals surface area contributed by atoms with Gasteiger partial charge in [-0.1, -0.05) is 30.3 Å². The second-order valence-electron chi connectivity index (χ2n) is 6.53. The molecule has 4 rings (SSSR count). The van der Waals surface area contributed by atoms with E-state index in [2.05, 4.69) is 15.7 Å². The van der Waals surface area contributed by atoms with E-state index in [0.717, 1.165) is 16.4 Å². The minimum Gasteiger partial charge on any atom is -0.467 e. The van der Waals surface area contributed by atoms with Crippen LogP contribution in [0.3, 0.4) is 0 Å². The number of carbonyl (C=O) groups is 1. The van der Waals surface area contributed by atoms with Crippen LogP contribution in [-0.4, -0.2) is 21.9 Å². The monoisotopic (exact) mass is 390 g/mol. The molecule has 1 aliphatic heterocycles. The lowest BCUT2D eigenvalue weighted by molar-refractivity contribution is -0.174. The van der Waals surface area contributed by atoms with E-state index in [4.69, 9.17) is 4.42 Å². The lowest BCUT2D eigenvalue weighted by Gasteiger charge is -2.32. The van der Waals surface area contributed by atoms with E-state index in [1.54, 1.807) is 12.1 Å². The smallest absolute Gasteiger partial charge is 0.410 e. The number of amides is 1. The topological polar surface area (TPSA) is 72.1 Å². The molecule has 1 amide bonds. The summed E-state index contributed by atoms with van der Waals surface area (Å²) in [7, 11) is 0. The van der Waals surface area contributed by atoms with Crippen molar-refractivity contribution in [3.63, 3.8) is 0 Å². The molecule has 0 spiro atoms. The van der Waals surface area contributed by atoms with E-state index in [-0.39, 0.29) is 24.3 Å². The van der Waals surface area contributed by atoms with Gasteiger partial charge in [-0.25, -0.2) is 4.68 Å². The van der Waals surface area contributed by atoms with E-state index in [0.29, 0.717) is 5.76 Å². The van der Waals surface area contributed by atoms with Gasteiger partial charge in [-0.15, -0.1) is 0 Å². The average molecular weight is 390 g/mol. The number of benzene rings is 1. The molecule has 0 unspecified atom stereocenters. The molecule has 2 atom stereocenters. The highest BCUT2D eigenvalue weighted by Crippen LogP contribution is 2.44. The molecule has 1 aromatic carbocycles. The van der Waals surface area contributed by atoms with Crippen molar-refractivity contribution in [3.8, 4) is 0 Å². The van der Waals surface area contributed by atoms with Crippen LogP contribution in [0.15, 0.2) is 59.3 Å². The van der Waals surface area contributed by atoms with Gasteiger partial charge in [0.2, 0.25) is 0 Å². The van der Waals surface area contributed by atoms with Gasteiger partial charge in [0.15, 0.2) is 6.04 Å². The van der Waals surface area contributed by atoms with Crippen molar-refractivity contribution in [1.82, 2.24) is 15.1 Å². The molecule has 0 radical (unpaired) electrons. The lowest BCUT2D eigenvalue weighted by Crippen LogP contribution is -2.36. The Balaban J connectivity index is 1.61. The number of nitrogens with zero attached hydrogens (tertiary/aromatic N) is 2. The van der Waals surface area contributed by atoms with E-state index >= 15 is 0 Å². The van der Waals surface area contributed by atoms with Gasteiger partial charge >= 0.3 is 6.18 Å². The maximum Gasteiger partial charge on any atom is 0.410 e. The highest BCUT2D eigenvalue weighted by Gasteiger charge is 2.47. The summed E-state index contributed by atoms with van der Waals surface area (Å²) in [5.74, 6) is -0.100. The zero-order valence-electron chi connectivity index (χ0n) is 14.6. The Morgan fingerprint density at radius 3 is 2.71 bits per heavy atom. The van der Waals surface area contributed by atoms with Crippen LogP contribution in [0.1, 0.15) is 40.2 Å². The first kappa shape index (κ1) is 18.1. The molecule has 2 aromatic heterocycles. The molecule has 6 nitrogen and oxygen atoms in total. The van der Waals surface area contributed by atoms with E-state index in [1.807, 2.05) is 30.3 Å². The third kappa shape index (κ3) is 3.47. The Hall–Kier alpha value is -3.23. The number of fused-ring (bicyclic) bond motifs is 1. The maximum atomic E-state index is 13.6. The summed E-state index contributed by atoms with van der Waals surface area (Å²) in [6.45, 7) is 0.259. The van der Waals surface area contributed by atoms with Crippen LogP contribution < -0.4 is 10.6 Å². The lowest BCUT2D eigenvalue weighted by atomic mass is 10.0. The molecule has 0 aliphatic carbocycles.